The molecule has 0 unspecified atom stereocenters. The first-order valence-electron chi connectivity index (χ1n) is 8.31. The molecular weight excluding hydrogens is 330 g/mol. The normalized spacial score (nSPS) is 24.0. The summed E-state index contributed by atoms with van der Waals surface area (Å²) < 4.78 is 6.69. The Hall–Kier alpha value is -1.56. The van der Waals surface area contributed by atoms with Crippen molar-refractivity contribution in [3.05, 3.63) is 32.6 Å². The fourth-order valence-electron chi connectivity index (χ4n) is 3.17. The molecule has 0 aliphatic carbocycles. The van der Waals surface area contributed by atoms with E-state index in [1.54, 1.807) is 0 Å². The summed E-state index contributed by atoms with van der Waals surface area (Å²) in [5, 5.41) is 19.0. The van der Waals surface area contributed by atoms with Crippen molar-refractivity contribution < 1.29 is 14.9 Å². The molecule has 0 spiro atoms. The number of hydrogen-bond donors (Lipinski definition) is 6. The van der Waals surface area contributed by atoms with Crippen LogP contribution in [-0.4, -0.2) is 57.2 Å². The molecule has 2 rings (SSSR count). The van der Waals surface area contributed by atoms with Crippen LogP contribution in [0.2, 0.25) is 0 Å². The fraction of sp³-hybridized carbons (Fsp3) is 0.733. The zero-order valence-corrected chi connectivity index (χ0v) is 14.1. The third-order valence-electron chi connectivity index (χ3n) is 4.56. The number of nitrogens with one attached hydrogen (secondary N) is 1. The number of aromatic nitrogens is 2. The van der Waals surface area contributed by atoms with Gasteiger partial charge in [0, 0.05) is 23.7 Å². The second-order valence-electron chi connectivity index (χ2n) is 6.55. The highest BCUT2D eigenvalue weighted by Crippen LogP contribution is 2.27. The molecule has 0 radical (unpaired) electrons. The van der Waals surface area contributed by atoms with Crippen LogP contribution in [0.25, 0.3) is 0 Å². The van der Waals surface area contributed by atoms with Gasteiger partial charge < -0.3 is 32.2 Å². The molecule has 1 fully saturated rings. The topological polar surface area (TPSA) is 183 Å². The van der Waals surface area contributed by atoms with Gasteiger partial charge in [-0.25, -0.2) is 4.79 Å². The van der Waals surface area contributed by atoms with Crippen LogP contribution in [-0.2, 0) is 11.2 Å². The Morgan fingerprint density at radius 1 is 1.32 bits per heavy atom. The minimum Gasteiger partial charge on any atom is -0.394 e. The summed E-state index contributed by atoms with van der Waals surface area (Å²) >= 11 is 0. The van der Waals surface area contributed by atoms with E-state index in [0.29, 0.717) is 31.5 Å². The van der Waals surface area contributed by atoms with Gasteiger partial charge in [0.05, 0.1) is 12.7 Å². The van der Waals surface area contributed by atoms with Crippen LogP contribution in [0.1, 0.15) is 31.1 Å². The molecule has 142 valence electrons. The van der Waals surface area contributed by atoms with Crippen molar-refractivity contribution in [2.75, 3.05) is 19.7 Å². The minimum absolute atomic E-state index is 0.135. The van der Waals surface area contributed by atoms with E-state index < -0.39 is 35.2 Å². The van der Waals surface area contributed by atoms with Gasteiger partial charge in [-0.2, -0.15) is 0 Å². The van der Waals surface area contributed by atoms with Gasteiger partial charge in [-0.05, 0) is 32.4 Å². The number of aliphatic hydroxyl groups is 2. The van der Waals surface area contributed by atoms with Crippen molar-refractivity contribution in [3.8, 4) is 0 Å². The van der Waals surface area contributed by atoms with Gasteiger partial charge in [0.15, 0.2) is 0 Å². The summed E-state index contributed by atoms with van der Waals surface area (Å²) in [7, 11) is 0. The maximum absolute atomic E-state index is 12.2. The lowest BCUT2D eigenvalue weighted by atomic mass is 9.86. The average Bonchev–Trinajstić information content (AvgIpc) is 2.91. The van der Waals surface area contributed by atoms with Crippen LogP contribution in [0, 0.1) is 0 Å². The number of nitrogens with zero attached hydrogens (tertiary/aromatic N) is 1. The van der Waals surface area contributed by atoms with Crippen molar-refractivity contribution in [1.82, 2.24) is 9.55 Å². The number of nitrogens with two attached hydrogens (primary N) is 3. The summed E-state index contributed by atoms with van der Waals surface area (Å²) in [4.78, 5) is 26.5. The fourth-order valence-corrected chi connectivity index (χ4v) is 3.17. The van der Waals surface area contributed by atoms with Crippen LogP contribution in [0.5, 0.6) is 0 Å². The van der Waals surface area contributed by atoms with Crippen LogP contribution < -0.4 is 28.5 Å². The Labute approximate surface area is 144 Å². The molecule has 3 atom stereocenters. The van der Waals surface area contributed by atoms with Crippen molar-refractivity contribution in [2.45, 2.75) is 49.7 Å². The maximum atomic E-state index is 12.2. The van der Waals surface area contributed by atoms with E-state index in [-0.39, 0.29) is 19.4 Å². The van der Waals surface area contributed by atoms with Gasteiger partial charge in [0.1, 0.15) is 12.3 Å². The van der Waals surface area contributed by atoms with Gasteiger partial charge in [-0.3, -0.25) is 14.3 Å². The average molecular weight is 357 g/mol. The minimum atomic E-state index is -0.889. The highest BCUT2D eigenvalue weighted by Gasteiger charge is 2.35. The van der Waals surface area contributed by atoms with Gasteiger partial charge >= 0.3 is 5.69 Å². The summed E-state index contributed by atoms with van der Waals surface area (Å²) in [5.74, 6) is 0. The third kappa shape index (κ3) is 4.54. The molecule has 1 saturated heterocycles. The van der Waals surface area contributed by atoms with Crippen molar-refractivity contribution in [1.29, 1.82) is 0 Å². The zero-order chi connectivity index (χ0) is 18.6. The lowest BCUT2D eigenvalue weighted by Gasteiger charge is -2.28. The molecule has 9 N–H and O–H groups in total. The van der Waals surface area contributed by atoms with E-state index in [9.17, 15) is 14.7 Å². The Morgan fingerprint density at radius 2 is 1.96 bits per heavy atom. The molecular formula is C15H27N5O5. The van der Waals surface area contributed by atoms with Gasteiger partial charge in [-0.15, -0.1) is 0 Å². The van der Waals surface area contributed by atoms with E-state index in [4.69, 9.17) is 27.0 Å². The zero-order valence-electron chi connectivity index (χ0n) is 14.1. The Kier molecular flexibility index (Phi) is 6.49. The number of aliphatic hydroxyl groups excluding tert-OH is 2. The molecule has 10 heteroatoms. The highest BCUT2D eigenvalue weighted by molar-refractivity contribution is 5.11. The summed E-state index contributed by atoms with van der Waals surface area (Å²) in [6, 6.07) is 0. The largest absolute Gasteiger partial charge is 0.394 e. The highest BCUT2D eigenvalue weighted by atomic mass is 16.5. The van der Waals surface area contributed by atoms with Gasteiger partial charge in [-0.1, -0.05) is 0 Å². The second-order valence-corrected chi connectivity index (χ2v) is 6.55. The predicted molar refractivity (Wildman–Crippen MR) is 90.9 cm³/mol. The van der Waals surface area contributed by atoms with Crippen LogP contribution in [0.3, 0.4) is 0 Å². The molecule has 1 aliphatic heterocycles. The van der Waals surface area contributed by atoms with E-state index in [2.05, 4.69) is 4.98 Å². The Morgan fingerprint density at radius 3 is 2.48 bits per heavy atom. The van der Waals surface area contributed by atoms with E-state index in [1.165, 1.54) is 10.8 Å². The van der Waals surface area contributed by atoms with E-state index >= 15 is 0 Å². The smallest absolute Gasteiger partial charge is 0.330 e. The summed E-state index contributed by atoms with van der Waals surface area (Å²) in [6.45, 7) is 0.343. The maximum Gasteiger partial charge on any atom is 0.330 e. The first-order chi connectivity index (χ1) is 11.8. The molecule has 1 aromatic heterocycles. The van der Waals surface area contributed by atoms with Crippen molar-refractivity contribution >= 4 is 0 Å². The molecule has 0 amide bonds. The first-order valence-corrected chi connectivity index (χ1v) is 8.31. The number of rotatable bonds is 8. The molecule has 0 bridgehead atoms. The number of hydrogen-bond acceptors (Lipinski definition) is 8. The van der Waals surface area contributed by atoms with Crippen molar-refractivity contribution in [2.24, 2.45) is 17.2 Å². The van der Waals surface area contributed by atoms with Crippen molar-refractivity contribution in [3.63, 3.8) is 0 Å². The molecule has 25 heavy (non-hydrogen) atoms. The quantitative estimate of drug-likeness (QED) is 0.286. The second kappa shape index (κ2) is 8.21. The monoisotopic (exact) mass is 357 g/mol. The lowest BCUT2D eigenvalue weighted by molar-refractivity contribution is -0.0460. The van der Waals surface area contributed by atoms with Crippen LogP contribution in [0.15, 0.2) is 15.8 Å². The summed E-state index contributed by atoms with van der Waals surface area (Å²) in [6.07, 6.45) is 0.267. The third-order valence-corrected chi connectivity index (χ3v) is 4.56. The molecule has 1 aliphatic rings. The SMILES string of the molecule is NCCC(N)(CCN)Cc1cn([C@H]2C[C@H](O)[C@@H](CO)O2)c(=O)[nH]c1=O. The predicted octanol–water partition coefficient (Wildman–Crippen LogP) is -2.89. The van der Waals surface area contributed by atoms with Gasteiger partial charge in [0.2, 0.25) is 0 Å². The van der Waals surface area contributed by atoms with Crippen LogP contribution in [0.4, 0.5) is 0 Å². The Balaban J connectivity index is 2.32. The van der Waals surface area contributed by atoms with Gasteiger partial charge in [0.25, 0.3) is 5.56 Å². The lowest BCUT2D eigenvalue weighted by Crippen LogP contribution is -2.47. The molecule has 10 nitrogen and oxygen atoms in total. The molecule has 0 aromatic carbocycles. The number of ether oxygens (including phenoxy) is 1. The molecule has 1 aromatic rings. The molecule has 0 saturated carbocycles. The van der Waals surface area contributed by atoms with Crippen LogP contribution >= 0.6 is 0 Å². The standard InChI is InChI=1S/C15H27N5O5/c16-3-1-15(18,2-4-17)6-9-7-20(14(24)19-13(9)23)12-5-10(22)11(8-21)25-12/h7,10-12,21-22H,1-6,8,16-18H2,(H,19,23,24)/t10-,11+,12+/m0/s1. The number of H-pyrrole nitrogens is 1. The molecule has 2 heterocycles. The number of aromatic amines is 1. The summed E-state index contributed by atoms with van der Waals surface area (Å²) in [5.41, 5.74) is 15.9. The Bertz CT molecular complexity index is 682. The first kappa shape index (κ1) is 19.8. The van der Waals surface area contributed by atoms with E-state index in [0.717, 1.165) is 0 Å². The van der Waals surface area contributed by atoms with E-state index in [1.807, 2.05) is 0 Å².